The lowest BCUT2D eigenvalue weighted by Gasteiger charge is -2.52. The van der Waals surface area contributed by atoms with Crippen LogP contribution in [0.15, 0.2) is 0 Å². The Morgan fingerprint density at radius 3 is 2.44 bits per heavy atom. The number of rotatable bonds is 6. The highest BCUT2D eigenvalue weighted by Gasteiger charge is 2.39. The molecule has 0 aromatic rings. The summed E-state index contributed by atoms with van der Waals surface area (Å²) in [4.78, 5) is 2.78. The van der Waals surface area contributed by atoms with Gasteiger partial charge < -0.3 is 5.32 Å². The van der Waals surface area contributed by atoms with E-state index in [9.17, 15) is 0 Å². The van der Waals surface area contributed by atoms with E-state index in [-0.39, 0.29) is 0 Å². The van der Waals surface area contributed by atoms with Gasteiger partial charge in [-0.05, 0) is 32.6 Å². The Balaban J connectivity index is 2.76. The predicted octanol–water partition coefficient (Wildman–Crippen LogP) is 3.66. The summed E-state index contributed by atoms with van der Waals surface area (Å²) >= 11 is 0. The molecular formula is C16H34N2. The maximum atomic E-state index is 3.80. The van der Waals surface area contributed by atoms with Crippen LogP contribution >= 0.6 is 0 Å². The van der Waals surface area contributed by atoms with Gasteiger partial charge in [0.1, 0.15) is 0 Å². The summed E-state index contributed by atoms with van der Waals surface area (Å²) in [6.45, 7) is 16.5. The van der Waals surface area contributed by atoms with Crippen molar-refractivity contribution in [3.63, 3.8) is 0 Å². The van der Waals surface area contributed by atoms with E-state index in [1.54, 1.807) is 0 Å². The molecule has 1 fully saturated rings. The molecule has 0 saturated carbocycles. The van der Waals surface area contributed by atoms with Crippen molar-refractivity contribution in [2.75, 3.05) is 13.1 Å². The second-order valence-corrected chi connectivity index (χ2v) is 6.51. The second kappa shape index (κ2) is 6.91. The van der Waals surface area contributed by atoms with Gasteiger partial charge in [0.15, 0.2) is 0 Å². The molecule has 1 aliphatic rings. The topological polar surface area (TPSA) is 15.3 Å². The second-order valence-electron chi connectivity index (χ2n) is 6.51. The number of hydrogen-bond donors (Lipinski definition) is 1. The zero-order valence-electron chi connectivity index (χ0n) is 13.4. The molecule has 0 bridgehead atoms. The maximum Gasteiger partial charge on any atom is 0.0306 e. The van der Waals surface area contributed by atoms with Crippen LogP contribution in [-0.4, -0.2) is 35.6 Å². The average molecular weight is 254 g/mol. The van der Waals surface area contributed by atoms with Crippen LogP contribution in [-0.2, 0) is 0 Å². The number of nitrogens with one attached hydrogen (secondary N) is 1. The zero-order valence-corrected chi connectivity index (χ0v) is 13.4. The predicted molar refractivity (Wildman–Crippen MR) is 81.0 cm³/mol. The SMILES string of the molecule is CCCC(C)N1CC(C(C)CC)NCC1(C)CC. The average Bonchev–Trinajstić information content (AvgIpc) is 2.38. The minimum atomic E-state index is 0.346. The normalized spacial score (nSPS) is 33.3. The van der Waals surface area contributed by atoms with E-state index in [1.807, 2.05) is 0 Å². The number of hydrogen-bond acceptors (Lipinski definition) is 2. The number of piperazine rings is 1. The smallest absolute Gasteiger partial charge is 0.0306 e. The molecule has 0 spiro atoms. The van der Waals surface area contributed by atoms with Crippen molar-refractivity contribution < 1.29 is 0 Å². The van der Waals surface area contributed by atoms with Gasteiger partial charge in [-0.25, -0.2) is 0 Å². The van der Waals surface area contributed by atoms with Gasteiger partial charge in [-0.3, -0.25) is 4.90 Å². The Morgan fingerprint density at radius 1 is 1.28 bits per heavy atom. The van der Waals surface area contributed by atoms with E-state index in [1.165, 1.54) is 32.2 Å². The van der Waals surface area contributed by atoms with Crippen molar-refractivity contribution in [1.29, 1.82) is 0 Å². The third kappa shape index (κ3) is 3.48. The van der Waals surface area contributed by atoms with Gasteiger partial charge in [-0.1, -0.05) is 40.5 Å². The van der Waals surface area contributed by atoms with E-state index in [0.29, 0.717) is 17.6 Å². The minimum absolute atomic E-state index is 0.346. The summed E-state index contributed by atoms with van der Waals surface area (Å²) in [6, 6.07) is 1.39. The summed E-state index contributed by atoms with van der Waals surface area (Å²) in [6.07, 6.45) is 5.12. The molecular weight excluding hydrogens is 220 g/mol. The molecule has 1 saturated heterocycles. The Bertz CT molecular complexity index is 241. The Hall–Kier alpha value is -0.0800. The van der Waals surface area contributed by atoms with Gasteiger partial charge in [-0.2, -0.15) is 0 Å². The fraction of sp³-hybridized carbons (Fsp3) is 1.00. The quantitative estimate of drug-likeness (QED) is 0.778. The van der Waals surface area contributed by atoms with Gasteiger partial charge >= 0.3 is 0 Å². The van der Waals surface area contributed by atoms with E-state index in [0.717, 1.165) is 12.5 Å². The van der Waals surface area contributed by atoms with Crippen LogP contribution in [0.1, 0.15) is 67.2 Å². The zero-order chi connectivity index (χ0) is 13.8. The minimum Gasteiger partial charge on any atom is -0.311 e. The molecule has 1 N–H and O–H groups in total. The molecule has 1 aliphatic heterocycles. The van der Waals surface area contributed by atoms with Crippen molar-refractivity contribution >= 4 is 0 Å². The first-order valence-corrected chi connectivity index (χ1v) is 7.98. The van der Waals surface area contributed by atoms with Gasteiger partial charge in [0, 0.05) is 30.7 Å². The highest BCUT2D eigenvalue weighted by molar-refractivity contribution is 4.98. The van der Waals surface area contributed by atoms with Gasteiger partial charge in [0.25, 0.3) is 0 Å². The van der Waals surface area contributed by atoms with E-state index in [2.05, 4.69) is 51.8 Å². The first-order chi connectivity index (χ1) is 8.48. The maximum absolute atomic E-state index is 3.80. The molecule has 108 valence electrons. The Kier molecular flexibility index (Phi) is 6.13. The summed E-state index contributed by atoms with van der Waals surface area (Å²) in [5.41, 5.74) is 0.346. The third-order valence-corrected chi connectivity index (χ3v) is 5.16. The molecule has 0 amide bonds. The highest BCUT2D eigenvalue weighted by atomic mass is 15.3. The summed E-state index contributed by atoms with van der Waals surface area (Å²) in [5, 5.41) is 3.80. The van der Waals surface area contributed by atoms with Crippen LogP contribution < -0.4 is 5.32 Å². The molecule has 0 aromatic carbocycles. The summed E-state index contributed by atoms with van der Waals surface area (Å²) in [7, 11) is 0. The first kappa shape index (κ1) is 16.0. The summed E-state index contributed by atoms with van der Waals surface area (Å²) < 4.78 is 0. The fourth-order valence-corrected chi connectivity index (χ4v) is 3.23. The van der Waals surface area contributed by atoms with E-state index < -0.39 is 0 Å². The molecule has 1 heterocycles. The summed E-state index contributed by atoms with van der Waals surface area (Å²) in [5.74, 6) is 0.780. The van der Waals surface area contributed by atoms with Crippen LogP contribution in [0.4, 0.5) is 0 Å². The van der Waals surface area contributed by atoms with Crippen molar-refractivity contribution in [2.24, 2.45) is 5.92 Å². The van der Waals surface area contributed by atoms with Crippen LogP contribution in [0.25, 0.3) is 0 Å². The molecule has 2 nitrogen and oxygen atoms in total. The highest BCUT2D eigenvalue weighted by Crippen LogP contribution is 2.29. The first-order valence-electron chi connectivity index (χ1n) is 7.98. The van der Waals surface area contributed by atoms with E-state index >= 15 is 0 Å². The third-order valence-electron chi connectivity index (χ3n) is 5.16. The lowest BCUT2D eigenvalue weighted by atomic mass is 9.86. The number of nitrogens with zero attached hydrogens (tertiary/aromatic N) is 1. The molecule has 0 aliphatic carbocycles. The molecule has 1 rings (SSSR count). The lowest BCUT2D eigenvalue weighted by molar-refractivity contribution is 0.00307. The van der Waals surface area contributed by atoms with Gasteiger partial charge in [-0.15, -0.1) is 0 Å². The van der Waals surface area contributed by atoms with Crippen LogP contribution in [0.3, 0.4) is 0 Å². The molecule has 4 atom stereocenters. The Morgan fingerprint density at radius 2 is 1.94 bits per heavy atom. The van der Waals surface area contributed by atoms with Crippen molar-refractivity contribution in [2.45, 2.75) is 84.8 Å². The molecule has 0 radical (unpaired) electrons. The van der Waals surface area contributed by atoms with Crippen LogP contribution in [0, 0.1) is 5.92 Å². The Labute approximate surface area is 115 Å². The monoisotopic (exact) mass is 254 g/mol. The standard InChI is InChI=1S/C16H34N2/c1-7-10-14(5)18-11-15(13(4)8-2)17-12-16(18,6)9-3/h13-15,17H,7-12H2,1-6H3. The molecule has 18 heavy (non-hydrogen) atoms. The van der Waals surface area contributed by atoms with Crippen LogP contribution in [0.5, 0.6) is 0 Å². The van der Waals surface area contributed by atoms with Crippen molar-refractivity contribution in [3.8, 4) is 0 Å². The van der Waals surface area contributed by atoms with Crippen LogP contribution in [0.2, 0.25) is 0 Å². The van der Waals surface area contributed by atoms with Gasteiger partial charge in [0.2, 0.25) is 0 Å². The van der Waals surface area contributed by atoms with Crippen molar-refractivity contribution in [1.82, 2.24) is 10.2 Å². The fourth-order valence-electron chi connectivity index (χ4n) is 3.23. The molecule has 4 unspecified atom stereocenters. The van der Waals surface area contributed by atoms with Crippen molar-refractivity contribution in [3.05, 3.63) is 0 Å². The molecule has 2 heteroatoms. The molecule has 0 aromatic heterocycles. The van der Waals surface area contributed by atoms with E-state index in [4.69, 9.17) is 0 Å². The lowest BCUT2D eigenvalue weighted by Crippen LogP contribution is -2.66. The largest absolute Gasteiger partial charge is 0.311 e. The van der Waals surface area contributed by atoms with Gasteiger partial charge in [0.05, 0.1) is 0 Å².